The lowest BCUT2D eigenvalue weighted by atomic mass is 10.2. The monoisotopic (exact) mass is 216 g/mol. The molecule has 14 heavy (non-hydrogen) atoms. The van der Waals surface area contributed by atoms with Crippen LogP contribution in [0.1, 0.15) is 5.56 Å². The first-order valence-electron chi connectivity index (χ1n) is 4.15. The van der Waals surface area contributed by atoms with E-state index in [2.05, 4.69) is 0 Å². The summed E-state index contributed by atoms with van der Waals surface area (Å²) in [5.74, 6) is 0.647. The number of aliphatic hydroxyl groups excluding tert-OH is 1. The van der Waals surface area contributed by atoms with E-state index in [1.54, 1.807) is 0 Å². The number of hydrogen-bond acceptors (Lipinski definition) is 4. The van der Waals surface area contributed by atoms with Gasteiger partial charge in [0.15, 0.2) is 11.5 Å². The molecule has 0 aromatic heterocycles. The molecule has 0 atom stereocenters. The van der Waals surface area contributed by atoms with Crippen molar-refractivity contribution in [2.45, 2.75) is 6.61 Å². The zero-order valence-electron chi connectivity index (χ0n) is 7.29. The summed E-state index contributed by atoms with van der Waals surface area (Å²) in [6.45, 7) is 0.561. The predicted molar refractivity (Wildman–Crippen MR) is 50.0 cm³/mol. The third kappa shape index (κ3) is 1.36. The molecule has 0 saturated carbocycles. The first kappa shape index (κ1) is 9.43. The Morgan fingerprint density at radius 1 is 1.36 bits per heavy atom. The Morgan fingerprint density at radius 3 is 2.79 bits per heavy atom. The normalized spacial score (nSPS) is 14.1. The lowest BCUT2D eigenvalue weighted by Gasteiger charge is -2.20. The van der Waals surface area contributed by atoms with Crippen LogP contribution in [0, 0.1) is 0 Å². The largest absolute Gasteiger partial charge is 0.506 e. The highest BCUT2D eigenvalue weighted by molar-refractivity contribution is 6.33. The number of rotatable bonds is 1. The van der Waals surface area contributed by atoms with E-state index in [4.69, 9.17) is 26.2 Å². The van der Waals surface area contributed by atoms with Gasteiger partial charge in [-0.3, -0.25) is 0 Å². The van der Waals surface area contributed by atoms with Gasteiger partial charge in [0.1, 0.15) is 24.0 Å². The molecular weight excluding hydrogens is 208 g/mol. The Morgan fingerprint density at radius 2 is 2.07 bits per heavy atom. The molecular formula is C9H9ClO4. The average molecular weight is 217 g/mol. The van der Waals surface area contributed by atoms with Gasteiger partial charge in [-0.15, -0.1) is 0 Å². The molecule has 1 heterocycles. The van der Waals surface area contributed by atoms with Crippen LogP contribution in [0.15, 0.2) is 6.07 Å². The van der Waals surface area contributed by atoms with E-state index < -0.39 is 0 Å². The lowest BCUT2D eigenvalue weighted by molar-refractivity contribution is 0.170. The SMILES string of the molecule is OCc1cc2c(c(Cl)c1O)OCCO2. The number of ether oxygens (including phenoxy) is 2. The Bertz CT molecular complexity index is 364. The summed E-state index contributed by atoms with van der Waals surface area (Å²) in [6.07, 6.45) is 0. The van der Waals surface area contributed by atoms with Gasteiger partial charge >= 0.3 is 0 Å². The highest BCUT2D eigenvalue weighted by Gasteiger charge is 2.21. The molecule has 0 radical (unpaired) electrons. The topological polar surface area (TPSA) is 58.9 Å². The summed E-state index contributed by atoms with van der Waals surface area (Å²) in [6, 6.07) is 1.52. The van der Waals surface area contributed by atoms with Crippen LogP contribution in [0.5, 0.6) is 17.2 Å². The second-order valence-electron chi connectivity index (χ2n) is 2.88. The lowest BCUT2D eigenvalue weighted by Crippen LogP contribution is -2.16. The minimum Gasteiger partial charge on any atom is -0.506 e. The van der Waals surface area contributed by atoms with Gasteiger partial charge in [-0.2, -0.15) is 0 Å². The third-order valence-electron chi connectivity index (χ3n) is 2.00. The summed E-state index contributed by atoms with van der Waals surface area (Å²) >= 11 is 5.83. The van der Waals surface area contributed by atoms with Crippen molar-refractivity contribution in [3.05, 3.63) is 16.7 Å². The van der Waals surface area contributed by atoms with Gasteiger partial charge in [0.05, 0.1) is 6.61 Å². The van der Waals surface area contributed by atoms with Crippen LogP contribution in [-0.4, -0.2) is 23.4 Å². The maximum absolute atomic E-state index is 9.53. The van der Waals surface area contributed by atoms with Crippen molar-refractivity contribution < 1.29 is 19.7 Å². The van der Waals surface area contributed by atoms with E-state index in [0.29, 0.717) is 30.3 Å². The second kappa shape index (κ2) is 3.55. The Kier molecular flexibility index (Phi) is 2.39. The fourth-order valence-electron chi connectivity index (χ4n) is 1.31. The van der Waals surface area contributed by atoms with Gasteiger partial charge in [0, 0.05) is 5.56 Å². The zero-order chi connectivity index (χ0) is 10.1. The highest BCUT2D eigenvalue weighted by atomic mass is 35.5. The Balaban J connectivity index is 2.57. The molecule has 1 aromatic rings. The van der Waals surface area contributed by atoms with Crippen LogP contribution >= 0.6 is 11.6 Å². The van der Waals surface area contributed by atoms with Crippen molar-refractivity contribution in [1.29, 1.82) is 0 Å². The van der Waals surface area contributed by atoms with E-state index in [9.17, 15) is 5.11 Å². The molecule has 2 N–H and O–H groups in total. The van der Waals surface area contributed by atoms with Crippen molar-refractivity contribution in [2.75, 3.05) is 13.2 Å². The van der Waals surface area contributed by atoms with Crippen LogP contribution in [0.2, 0.25) is 5.02 Å². The van der Waals surface area contributed by atoms with Gasteiger partial charge in [-0.25, -0.2) is 0 Å². The average Bonchev–Trinajstić information content (AvgIpc) is 2.23. The summed E-state index contributed by atoms with van der Waals surface area (Å²) in [5, 5.41) is 18.5. The molecule has 4 nitrogen and oxygen atoms in total. The molecule has 0 saturated heterocycles. The Hall–Kier alpha value is -1.13. The molecule has 0 bridgehead atoms. The number of fused-ring (bicyclic) bond motifs is 1. The summed E-state index contributed by atoms with van der Waals surface area (Å²) in [4.78, 5) is 0. The van der Waals surface area contributed by atoms with E-state index in [1.165, 1.54) is 6.07 Å². The zero-order valence-corrected chi connectivity index (χ0v) is 8.04. The number of phenols is 1. The first-order valence-corrected chi connectivity index (χ1v) is 4.52. The van der Waals surface area contributed by atoms with E-state index in [1.807, 2.05) is 0 Å². The molecule has 0 aliphatic carbocycles. The van der Waals surface area contributed by atoms with Crippen LogP contribution in [-0.2, 0) is 6.61 Å². The molecule has 0 amide bonds. The van der Waals surface area contributed by atoms with Crippen LogP contribution < -0.4 is 9.47 Å². The van der Waals surface area contributed by atoms with Gasteiger partial charge in [0.2, 0.25) is 0 Å². The smallest absolute Gasteiger partial charge is 0.183 e. The fraction of sp³-hybridized carbons (Fsp3) is 0.333. The molecule has 1 aliphatic heterocycles. The predicted octanol–water partition coefficient (Wildman–Crippen LogP) is 1.31. The summed E-state index contributed by atoms with van der Waals surface area (Å²) in [5.41, 5.74) is 0.333. The molecule has 2 rings (SSSR count). The molecule has 0 unspecified atom stereocenters. The fourth-order valence-corrected chi connectivity index (χ4v) is 1.58. The second-order valence-corrected chi connectivity index (χ2v) is 3.26. The van der Waals surface area contributed by atoms with Crippen molar-refractivity contribution in [3.8, 4) is 17.2 Å². The first-order chi connectivity index (χ1) is 6.74. The molecule has 1 aliphatic rings. The number of aromatic hydroxyl groups is 1. The third-order valence-corrected chi connectivity index (χ3v) is 2.35. The number of hydrogen-bond donors (Lipinski definition) is 2. The van der Waals surface area contributed by atoms with Crippen LogP contribution in [0.4, 0.5) is 0 Å². The summed E-state index contributed by atoms with van der Waals surface area (Å²) in [7, 11) is 0. The molecule has 0 spiro atoms. The standard InChI is InChI=1S/C9H9ClO4/c10-7-8(12)5(4-11)3-6-9(7)14-2-1-13-6/h3,11-12H,1-2,4H2. The molecule has 0 fully saturated rings. The summed E-state index contributed by atoms with van der Waals surface area (Å²) < 4.78 is 10.5. The van der Waals surface area contributed by atoms with Gasteiger partial charge in [-0.05, 0) is 6.07 Å². The molecule has 1 aromatic carbocycles. The van der Waals surface area contributed by atoms with Crippen LogP contribution in [0.25, 0.3) is 0 Å². The highest BCUT2D eigenvalue weighted by Crippen LogP contribution is 2.44. The van der Waals surface area contributed by atoms with Gasteiger partial charge in [-0.1, -0.05) is 11.6 Å². The number of benzene rings is 1. The number of aliphatic hydroxyl groups is 1. The van der Waals surface area contributed by atoms with E-state index in [-0.39, 0.29) is 17.4 Å². The molecule has 5 heteroatoms. The maximum atomic E-state index is 9.53. The van der Waals surface area contributed by atoms with Crippen molar-refractivity contribution >= 4 is 11.6 Å². The quantitative estimate of drug-likeness (QED) is 0.743. The minimum atomic E-state index is -0.289. The van der Waals surface area contributed by atoms with Crippen molar-refractivity contribution in [3.63, 3.8) is 0 Å². The van der Waals surface area contributed by atoms with Crippen molar-refractivity contribution in [1.82, 2.24) is 0 Å². The van der Waals surface area contributed by atoms with Crippen molar-refractivity contribution in [2.24, 2.45) is 0 Å². The molecule has 76 valence electrons. The Labute approximate surface area is 85.6 Å². The van der Waals surface area contributed by atoms with Gasteiger partial charge < -0.3 is 19.7 Å². The van der Waals surface area contributed by atoms with Gasteiger partial charge in [0.25, 0.3) is 0 Å². The van der Waals surface area contributed by atoms with E-state index in [0.717, 1.165) is 0 Å². The van der Waals surface area contributed by atoms with E-state index >= 15 is 0 Å². The minimum absolute atomic E-state index is 0.0891. The number of halogens is 1. The van der Waals surface area contributed by atoms with Crippen LogP contribution in [0.3, 0.4) is 0 Å². The maximum Gasteiger partial charge on any atom is 0.183 e.